The molecule has 1 aromatic heterocycles. The van der Waals surface area contributed by atoms with E-state index in [1.54, 1.807) is 14.2 Å². The maximum atomic E-state index is 5.53. The number of likely N-dealkylation sites (tertiary alicyclic amines) is 1. The molecule has 2 heterocycles. The van der Waals surface area contributed by atoms with Crippen LogP contribution in [-0.4, -0.2) is 50.4 Å². The maximum Gasteiger partial charge on any atom is 0.194 e. The fourth-order valence-corrected chi connectivity index (χ4v) is 4.10. The van der Waals surface area contributed by atoms with Gasteiger partial charge in [-0.15, -0.1) is 24.0 Å². The first kappa shape index (κ1) is 25.3. The molecule has 0 amide bonds. The molecule has 2 aromatic rings. The smallest absolute Gasteiger partial charge is 0.194 e. The quantitative estimate of drug-likeness (QED) is 0.294. The molecule has 1 aliphatic heterocycles. The van der Waals surface area contributed by atoms with Crippen LogP contribution in [0.2, 0.25) is 0 Å². The second-order valence-electron chi connectivity index (χ2n) is 7.71. The van der Waals surface area contributed by atoms with Crippen LogP contribution in [-0.2, 0) is 6.54 Å². The first-order valence-electron chi connectivity index (χ1n) is 10.8. The van der Waals surface area contributed by atoms with Crippen LogP contribution in [0.4, 0.5) is 0 Å². The predicted molar refractivity (Wildman–Crippen MR) is 134 cm³/mol. The number of methoxy groups -OCH3 is 2. The van der Waals surface area contributed by atoms with Gasteiger partial charge in [0, 0.05) is 44.1 Å². The molecule has 1 unspecified atom stereocenters. The zero-order valence-corrected chi connectivity index (χ0v) is 21.5. The van der Waals surface area contributed by atoms with Gasteiger partial charge in [0.05, 0.1) is 26.5 Å². The molecule has 31 heavy (non-hydrogen) atoms. The fourth-order valence-electron chi connectivity index (χ4n) is 4.10. The summed E-state index contributed by atoms with van der Waals surface area (Å²) >= 11 is 0. The Kier molecular flexibility index (Phi) is 9.93. The summed E-state index contributed by atoms with van der Waals surface area (Å²) in [5.74, 6) is 4.23. The molecule has 1 N–H and O–H groups in total. The van der Waals surface area contributed by atoms with Crippen molar-refractivity contribution in [3.05, 3.63) is 41.3 Å². The number of nitrogens with one attached hydrogen (secondary N) is 1. The minimum absolute atomic E-state index is 0. The summed E-state index contributed by atoms with van der Waals surface area (Å²) in [5.41, 5.74) is 2.27. The zero-order valence-electron chi connectivity index (χ0n) is 19.2. The molecule has 0 bridgehead atoms. The molecule has 3 rings (SSSR count). The number of ether oxygens (including phenoxy) is 2. The molecule has 1 aliphatic rings. The van der Waals surface area contributed by atoms with Crippen LogP contribution in [0.15, 0.2) is 33.8 Å². The van der Waals surface area contributed by atoms with Crippen LogP contribution in [0.1, 0.15) is 62.0 Å². The van der Waals surface area contributed by atoms with Crippen LogP contribution in [0, 0.1) is 0 Å². The number of nitrogens with zero attached hydrogens (tertiary/aromatic N) is 3. The Morgan fingerprint density at radius 1 is 1.19 bits per heavy atom. The highest BCUT2D eigenvalue weighted by atomic mass is 127. The number of rotatable bonds is 8. The van der Waals surface area contributed by atoms with Gasteiger partial charge in [-0.2, -0.15) is 0 Å². The lowest BCUT2D eigenvalue weighted by Crippen LogP contribution is -2.39. The summed E-state index contributed by atoms with van der Waals surface area (Å²) in [6.45, 7) is 6.78. The Hall–Kier alpha value is -1.97. The third-order valence-corrected chi connectivity index (χ3v) is 5.95. The minimum atomic E-state index is 0. The molecular weight excluding hydrogens is 507 g/mol. The molecular formula is C23H35IN4O3. The van der Waals surface area contributed by atoms with Crippen molar-refractivity contribution in [2.75, 3.05) is 34.4 Å². The van der Waals surface area contributed by atoms with Gasteiger partial charge in [0.2, 0.25) is 0 Å². The second-order valence-corrected chi connectivity index (χ2v) is 7.71. The molecule has 0 saturated carbocycles. The van der Waals surface area contributed by atoms with Crippen molar-refractivity contribution in [3.8, 4) is 11.5 Å². The number of hydrogen-bond acceptors (Lipinski definition) is 5. The Labute approximate surface area is 202 Å². The van der Waals surface area contributed by atoms with E-state index in [4.69, 9.17) is 14.0 Å². The van der Waals surface area contributed by atoms with Gasteiger partial charge in [-0.05, 0) is 37.0 Å². The molecule has 7 nitrogen and oxygen atoms in total. The monoisotopic (exact) mass is 542 g/mol. The predicted octanol–water partition coefficient (Wildman–Crippen LogP) is 4.78. The highest BCUT2D eigenvalue weighted by Gasteiger charge is 2.27. The number of aromatic nitrogens is 1. The van der Waals surface area contributed by atoms with Gasteiger partial charge in [-0.3, -0.25) is 4.99 Å². The van der Waals surface area contributed by atoms with E-state index in [1.165, 1.54) is 5.56 Å². The van der Waals surface area contributed by atoms with Crippen LogP contribution < -0.4 is 14.8 Å². The van der Waals surface area contributed by atoms with E-state index in [1.807, 2.05) is 13.1 Å². The van der Waals surface area contributed by atoms with Gasteiger partial charge in [-0.25, -0.2) is 0 Å². The van der Waals surface area contributed by atoms with Crippen molar-refractivity contribution in [2.24, 2.45) is 4.99 Å². The largest absolute Gasteiger partial charge is 0.497 e. The summed E-state index contributed by atoms with van der Waals surface area (Å²) in [6, 6.07) is 8.17. The normalized spacial score (nSPS) is 16.4. The van der Waals surface area contributed by atoms with Crippen LogP contribution in [0.25, 0.3) is 0 Å². The topological polar surface area (TPSA) is 72.1 Å². The van der Waals surface area contributed by atoms with E-state index in [2.05, 4.69) is 52.4 Å². The summed E-state index contributed by atoms with van der Waals surface area (Å²) < 4.78 is 16.4. The van der Waals surface area contributed by atoms with Crippen LogP contribution >= 0.6 is 24.0 Å². The average Bonchev–Trinajstić information content (AvgIpc) is 3.45. The lowest BCUT2D eigenvalue weighted by atomic mass is 9.98. The summed E-state index contributed by atoms with van der Waals surface area (Å²) in [7, 11) is 5.19. The number of halogens is 1. The van der Waals surface area contributed by atoms with Crippen LogP contribution in [0.5, 0.6) is 11.5 Å². The van der Waals surface area contributed by atoms with Crippen molar-refractivity contribution in [1.29, 1.82) is 0 Å². The van der Waals surface area contributed by atoms with Gasteiger partial charge >= 0.3 is 0 Å². The Morgan fingerprint density at radius 2 is 1.87 bits per heavy atom. The first-order chi connectivity index (χ1) is 14.6. The highest BCUT2D eigenvalue weighted by Crippen LogP contribution is 2.33. The fraction of sp³-hybridized carbons (Fsp3) is 0.565. The van der Waals surface area contributed by atoms with Gasteiger partial charge < -0.3 is 24.2 Å². The number of guanidine groups is 1. The summed E-state index contributed by atoms with van der Waals surface area (Å²) in [4.78, 5) is 6.76. The lowest BCUT2D eigenvalue weighted by Gasteiger charge is -2.21. The van der Waals surface area contributed by atoms with E-state index >= 15 is 0 Å². The van der Waals surface area contributed by atoms with Crippen molar-refractivity contribution >= 4 is 29.9 Å². The second kappa shape index (κ2) is 12.2. The minimum Gasteiger partial charge on any atom is -0.497 e. The summed E-state index contributed by atoms with van der Waals surface area (Å²) in [5, 5.41) is 7.68. The van der Waals surface area contributed by atoms with Gasteiger partial charge in [0.1, 0.15) is 11.5 Å². The Bertz CT molecular complexity index is 829. The highest BCUT2D eigenvalue weighted by molar-refractivity contribution is 14.0. The molecule has 1 saturated heterocycles. The maximum absolute atomic E-state index is 5.53. The van der Waals surface area contributed by atoms with Gasteiger partial charge in [0.15, 0.2) is 11.7 Å². The zero-order chi connectivity index (χ0) is 21.5. The molecule has 8 heteroatoms. The van der Waals surface area contributed by atoms with Crippen molar-refractivity contribution in [3.63, 3.8) is 0 Å². The van der Waals surface area contributed by atoms with E-state index < -0.39 is 0 Å². The summed E-state index contributed by atoms with van der Waals surface area (Å²) in [6.07, 6.45) is 3.20. The standard InChI is InChI=1S/C23H34N4O3.HI/c1-6-16(7-2)22-13-21(30-26-22)14-25-23(24-3)27-9-8-17(15-27)18-10-19(28-4)12-20(11-18)29-5;/h10-13,16-17H,6-9,14-15H2,1-5H3,(H,24,25);1H. The third-order valence-electron chi connectivity index (χ3n) is 5.95. The van der Waals surface area contributed by atoms with Gasteiger partial charge in [-0.1, -0.05) is 19.0 Å². The number of hydrogen-bond donors (Lipinski definition) is 1. The van der Waals surface area contributed by atoms with E-state index in [-0.39, 0.29) is 24.0 Å². The van der Waals surface area contributed by atoms with Crippen molar-refractivity contribution in [2.45, 2.75) is 51.5 Å². The molecule has 0 aliphatic carbocycles. The van der Waals surface area contributed by atoms with E-state index in [9.17, 15) is 0 Å². The van der Waals surface area contributed by atoms with Crippen molar-refractivity contribution in [1.82, 2.24) is 15.4 Å². The van der Waals surface area contributed by atoms with E-state index in [0.717, 1.165) is 61.3 Å². The number of benzene rings is 1. The molecule has 0 spiro atoms. The molecule has 1 fully saturated rings. The van der Waals surface area contributed by atoms with Crippen LogP contribution in [0.3, 0.4) is 0 Å². The van der Waals surface area contributed by atoms with Crippen molar-refractivity contribution < 1.29 is 14.0 Å². The van der Waals surface area contributed by atoms with E-state index in [0.29, 0.717) is 18.4 Å². The number of aliphatic imine (C=N–C) groups is 1. The lowest BCUT2D eigenvalue weighted by molar-refractivity contribution is 0.365. The van der Waals surface area contributed by atoms with Gasteiger partial charge in [0.25, 0.3) is 0 Å². The SMILES string of the molecule is CCC(CC)c1cc(CNC(=NC)N2CCC(c3cc(OC)cc(OC)c3)C2)on1.I. The molecule has 1 atom stereocenters. The molecule has 172 valence electrons. The molecule has 1 aromatic carbocycles. The molecule has 0 radical (unpaired) electrons. The Balaban J connectivity index is 0.00000341. The first-order valence-corrected chi connectivity index (χ1v) is 10.8. The average molecular weight is 542 g/mol. The third kappa shape index (κ3) is 6.27. The Morgan fingerprint density at radius 3 is 2.45 bits per heavy atom.